The highest BCUT2D eigenvalue weighted by Gasteiger charge is 2.35. The topological polar surface area (TPSA) is 58.6 Å². The van der Waals surface area contributed by atoms with Crippen molar-refractivity contribution in [2.45, 2.75) is 37.9 Å². The van der Waals surface area contributed by atoms with Crippen LogP contribution < -0.4 is 5.32 Å². The first-order valence-electron chi connectivity index (χ1n) is 7.42. The minimum atomic E-state index is -3.14. The lowest BCUT2D eigenvalue weighted by molar-refractivity contribution is 0.0968. The number of hydrogen-bond donors (Lipinski definition) is 1. The van der Waals surface area contributed by atoms with E-state index in [0.29, 0.717) is 32.2 Å². The van der Waals surface area contributed by atoms with Crippen molar-refractivity contribution in [2.75, 3.05) is 39.4 Å². The highest BCUT2D eigenvalue weighted by atomic mass is 35.5. The van der Waals surface area contributed by atoms with Crippen LogP contribution in [0.25, 0.3) is 0 Å². The molecule has 0 bridgehead atoms. The maximum atomic E-state index is 12.5. The first-order chi connectivity index (χ1) is 9.14. The predicted octanol–water partition coefficient (Wildman–Crippen LogP) is 1.24. The average molecular weight is 327 g/mol. The highest BCUT2D eigenvalue weighted by molar-refractivity contribution is 7.89. The van der Waals surface area contributed by atoms with Crippen LogP contribution in [0.15, 0.2) is 0 Å². The Kier molecular flexibility index (Phi) is 7.75. The summed E-state index contributed by atoms with van der Waals surface area (Å²) < 4.78 is 32.0. The Morgan fingerprint density at radius 1 is 1.25 bits per heavy atom. The van der Waals surface area contributed by atoms with Crippen LogP contribution in [-0.4, -0.2) is 57.4 Å². The number of piperidine rings is 1. The fourth-order valence-electron chi connectivity index (χ4n) is 2.87. The second-order valence-corrected chi connectivity index (χ2v) is 7.75. The number of hydrogen-bond acceptors (Lipinski definition) is 4. The summed E-state index contributed by atoms with van der Waals surface area (Å²) in [6, 6.07) is 0. The van der Waals surface area contributed by atoms with Crippen molar-refractivity contribution in [3.8, 4) is 0 Å². The molecule has 0 saturated carbocycles. The number of ether oxygens (including phenoxy) is 1. The van der Waals surface area contributed by atoms with E-state index in [-0.39, 0.29) is 17.7 Å². The Morgan fingerprint density at radius 2 is 1.95 bits per heavy atom. The first-order valence-corrected chi connectivity index (χ1v) is 8.92. The van der Waals surface area contributed by atoms with E-state index in [1.165, 1.54) is 0 Å². The highest BCUT2D eigenvalue weighted by Crippen LogP contribution is 2.24. The standard InChI is InChI=1S/C13H26N2O3S.ClH/c1-2-14-10-12-5-7-15(8-6-12)19(16,17)13-4-3-9-18-11-13;/h12-14H,2-11H2,1H3;1H. The van der Waals surface area contributed by atoms with Gasteiger partial charge < -0.3 is 10.1 Å². The van der Waals surface area contributed by atoms with Gasteiger partial charge in [0.25, 0.3) is 0 Å². The zero-order chi connectivity index (χ0) is 13.7. The maximum Gasteiger partial charge on any atom is 0.219 e. The summed E-state index contributed by atoms with van der Waals surface area (Å²) in [5.74, 6) is 0.619. The summed E-state index contributed by atoms with van der Waals surface area (Å²) in [5, 5.41) is 3.03. The zero-order valence-corrected chi connectivity index (χ0v) is 13.8. The lowest BCUT2D eigenvalue weighted by Gasteiger charge is -2.34. The molecule has 1 atom stereocenters. The number of rotatable bonds is 5. The van der Waals surface area contributed by atoms with Crippen LogP contribution >= 0.6 is 12.4 Å². The quantitative estimate of drug-likeness (QED) is 0.826. The van der Waals surface area contributed by atoms with Crippen molar-refractivity contribution in [1.82, 2.24) is 9.62 Å². The summed E-state index contributed by atoms with van der Waals surface area (Å²) in [5.41, 5.74) is 0. The van der Waals surface area contributed by atoms with Gasteiger partial charge in [-0.3, -0.25) is 0 Å². The molecule has 2 fully saturated rings. The smallest absolute Gasteiger partial charge is 0.219 e. The number of halogens is 1. The molecule has 2 saturated heterocycles. The van der Waals surface area contributed by atoms with Gasteiger partial charge in [0.1, 0.15) is 0 Å². The van der Waals surface area contributed by atoms with E-state index in [9.17, 15) is 8.42 Å². The molecule has 120 valence electrons. The Labute approximate surface area is 128 Å². The van der Waals surface area contributed by atoms with E-state index in [2.05, 4.69) is 12.2 Å². The Balaban J connectivity index is 0.00000200. The van der Waals surface area contributed by atoms with Gasteiger partial charge in [-0.05, 0) is 44.7 Å². The molecule has 5 nitrogen and oxygen atoms in total. The van der Waals surface area contributed by atoms with Crippen molar-refractivity contribution >= 4 is 22.4 Å². The van der Waals surface area contributed by atoms with Crippen LogP contribution in [0.1, 0.15) is 32.6 Å². The lowest BCUT2D eigenvalue weighted by Crippen LogP contribution is -2.47. The molecule has 0 aromatic carbocycles. The molecule has 0 radical (unpaired) electrons. The van der Waals surface area contributed by atoms with Crippen LogP contribution in [0.3, 0.4) is 0 Å². The van der Waals surface area contributed by atoms with E-state index in [0.717, 1.165) is 38.8 Å². The third kappa shape index (κ3) is 4.56. The first kappa shape index (κ1) is 18.2. The molecule has 0 aromatic heterocycles. The molecule has 0 spiro atoms. The molecule has 0 aliphatic carbocycles. The molecule has 2 aliphatic rings. The van der Waals surface area contributed by atoms with Gasteiger partial charge in [-0.1, -0.05) is 6.92 Å². The predicted molar refractivity (Wildman–Crippen MR) is 82.8 cm³/mol. The van der Waals surface area contributed by atoms with E-state index in [1.807, 2.05) is 0 Å². The molecular formula is C13H27ClN2O3S. The average Bonchev–Trinajstić information content (AvgIpc) is 2.46. The van der Waals surface area contributed by atoms with Gasteiger partial charge in [0.05, 0.1) is 11.9 Å². The van der Waals surface area contributed by atoms with E-state index < -0.39 is 10.0 Å². The van der Waals surface area contributed by atoms with Gasteiger partial charge in [-0.25, -0.2) is 12.7 Å². The molecule has 0 aromatic rings. The molecule has 0 amide bonds. The van der Waals surface area contributed by atoms with Crippen LogP contribution in [-0.2, 0) is 14.8 Å². The van der Waals surface area contributed by atoms with E-state index >= 15 is 0 Å². The minimum Gasteiger partial charge on any atom is -0.380 e. The lowest BCUT2D eigenvalue weighted by atomic mass is 9.98. The van der Waals surface area contributed by atoms with Crippen LogP contribution in [0.4, 0.5) is 0 Å². The minimum absolute atomic E-state index is 0. The largest absolute Gasteiger partial charge is 0.380 e. The van der Waals surface area contributed by atoms with Gasteiger partial charge >= 0.3 is 0 Å². The second-order valence-electron chi connectivity index (χ2n) is 5.53. The van der Waals surface area contributed by atoms with Crippen LogP contribution in [0.5, 0.6) is 0 Å². The third-order valence-electron chi connectivity index (χ3n) is 4.16. The van der Waals surface area contributed by atoms with Crippen LogP contribution in [0.2, 0.25) is 0 Å². The molecule has 2 rings (SSSR count). The van der Waals surface area contributed by atoms with Crippen molar-refractivity contribution < 1.29 is 13.2 Å². The Hall–Kier alpha value is 0.120. The number of nitrogens with one attached hydrogen (secondary N) is 1. The molecular weight excluding hydrogens is 300 g/mol. The molecule has 7 heteroatoms. The molecule has 20 heavy (non-hydrogen) atoms. The maximum absolute atomic E-state index is 12.5. The van der Waals surface area contributed by atoms with Gasteiger partial charge in [0.15, 0.2) is 0 Å². The molecule has 1 N–H and O–H groups in total. The van der Waals surface area contributed by atoms with Crippen molar-refractivity contribution in [1.29, 1.82) is 0 Å². The van der Waals surface area contributed by atoms with Gasteiger partial charge in [0, 0.05) is 19.7 Å². The zero-order valence-electron chi connectivity index (χ0n) is 12.2. The summed E-state index contributed by atoms with van der Waals surface area (Å²) in [7, 11) is -3.14. The fourth-order valence-corrected chi connectivity index (χ4v) is 4.75. The summed E-state index contributed by atoms with van der Waals surface area (Å²) >= 11 is 0. The summed E-state index contributed by atoms with van der Waals surface area (Å²) in [4.78, 5) is 0. The Bertz CT molecular complexity index is 364. The van der Waals surface area contributed by atoms with Crippen molar-refractivity contribution in [3.05, 3.63) is 0 Å². The normalized spacial score (nSPS) is 26.1. The summed E-state index contributed by atoms with van der Waals surface area (Å²) in [6.07, 6.45) is 3.56. The molecule has 2 heterocycles. The van der Waals surface area contributed by atoms with E-state index in [1.54, 1.807) is 4.31 Å². The number of sulfonamides is 1. The van der Waals surface area contributed by atoms with Crippen molar-refractivity contribution in [3.63, 3.8) is 0 Å². The van der Waals surface area contributed by atoms with Gasteiger partial charge in [-0.2, -0.15) is 0 Å². The monoisotopic (exact) mass is 326 g/mol. The van der Waals surface area contributed by atoms with Gasteiger partial charge in [0.2, 0.25) is 10.0 Å². The SMILES string of the molecule is CCNCC1CCN(S(=O)(=O)C2CCCOC2)CC1.Cl. The second kappa shape index (κ2) is 8.54. The molecule has 2 aliphatic heterocycles. The Morgan fingerprint density at radius 3 is 2.50 bits per heavy atom. The van der Waals surface area contributed by atoms with Gasteiger partial charge in [-0.15, -0.1) is 12.4 Å². The van der Waals surface area contributed by atoms with Crippen molar-refractivity contribution in [2.24, 2.45) is 5.92 Å². The third-order valence-corrected chi connectivity index (χ3v) is 6.46. The fraction of sp³-hybridized carbons (Fsp3) is 1.00. The van der Waals surface area contributed by atoms with E-state index in [4.69, 9.17) is 4.74 Å². The number of nitrogens with zero attached hydrogens (tertiary/aromatic N) is 1. The molecule has 1 unspecified atom stereocenters. The summed E-state index contributed by atoms with van der Waals surface area (Å²) in [6.45, 7) is 6.53. The van der Waals surface area contributed by atoms with Crippen LogP contribution in [0, 0.1) is 5.92 Å².